The second-order valence-corrected chi connectivity index (χ2v) is 6.85. The number of hydrogen-bond donors (Lipinski definition) is 0. The molecule has 2 aromatic carbocycles. The Morgan fingerprint density at radius 3 is 2.24 bits per heavy atom. The fourth-order valence-corrected chi connectivity index (χ4v) is 3.38. The molecule has 0 amide bonds. The maximum absolute atomic E-state index is 11.2. The van der Waals surface area contributed by atoms with Crippen LogP contribution in [0.2, 0.25) is 5.02 Å². The largest absolute Gasteiger partial charge is 0.298 e. The lowest BCUT2D eigenvalue weighted by atomic mass is 10.1. The zero-order valence-electron chi connectivity index (χ0n) is 14.1. The summed E-state index contributed by atoms with van der Waals surface area (Å²) in [5, 5.41) is 11.9. The monoisotopic (exact) mass is 359 g/mol. The van der Waals surface area contributed by atoms with Gasteiger partial charge in [-0.15, -0.1) is 0 Å². The van der Waals surface area contributed by atoms with Gasteiger partial charge in [-0.2, -0.15) is 0 Å². The molecule has 0 bridgehead atoms. The van der Waals surface area contributed by atoms with E-state index in [4.69, 9.17) is 11.6 Å². The smallest absolute Gasteiger partial charge is 0.273 e. The lowest BCUT2D eigenvalue weighted by Gasteiger charge is -2.22. The molecule has 1 heterocycles. The standard InChI is InChI=1S/C19H22ClN3O2/c20-18-8-6-16(7-9-18)14-21-10-3-11-22(13-12-21)15-17-4-1-2-5-19(17)23(24)25/h1-2,4-9H,3,10-15H2. The Balaban J connectivity index is 1.58. The summed E-state index contributed by atoms with van der Waals surface area (Å²) in [6.45, 7) is 5.42. The number of nitro benzene ring substituents is 1. The van der Waals surface area contributed by atoms with E-state index < -0.39 is 0 Å². The second kappa shape index (κ2) is 8.43. The van der Waals surface area contributed by atoms with Gasteiger partial charge in [-0.25, -0.2) is 0 Å². The molecule has 1 saturated heterocycles. The molecule has 0 atom stereocenters. The molecule has 3 rings (SSSR count). The van der Waals surface area contributed by atoms with Crippen molar-refractivity contribution in [2.45, 2.75) is 19.5 Å². The van der Waals surface area contributed by atoms with Crippen LogP contribution in [0.3, 0.4) is 0 Å². The van der Waals surface area contributed by atoms with Crippen LogP contribution in [-0.4, -0.2) is 40.9 Å². The van der Waals surface area contributed by atoms with Gasteiger partial charge < -0.3 is 0 Å². The highest BCUT2D eigenvalue weighted by Crippen LogP contribution is 2.20. The highest BCUT2D eigenvalue weighted by molar-refractivity contribution is 6.30. The molecule has 0 aromatic heterocycles. The first kappa shape index (κ1) is 17.9. The lowest BCUT2D eigenvalue weighted by molar-refractivity contribution is -0.385. The summed E-state index contributed by atoms with van der Waals surface area (Å²) in [7, 11) is 0. The molecule has 1 aliphatic heterocycles. The van der Waals surface area contributed by atoms with Crippen molar-refractivity contribution in [2.24, 2.45) is 0 Å². The van der Waals surface area contributed by atoms with Gasteiger partial charge in [-0.3, -0.25) is 19.9 Å². The first-order chi connectivity index (χ1) is 12.1. The van der Waals surface area contributed by atoms with Gasteiger partial charge >= 0.3 is 0 Å². The number of nitro groups is 1. The number of hydrogen-bond acceptors (Lipinski definition) is 4. The second-order valence-electron chi connectivity index (χ2n) is 6.42. The fraction of sp³-hybridized carbons (Fsp3) is 0.368. The zero-order chi connectivity index (χ0) is 17.6. The molecule has 2 aromatic rings. The zero-order valence-corrected chi connectivity index (χ0v) is 14.9. The van der Waals surface area contributed by atoms with Crippen molar-refractivity contribution in [3.05, 3.63) is 74.8 Å². The molecule has 1 aliphatic rings. The number of halogens is 1. The Bertz CT molecular complexity index is 721. The van der Waals surface area contributed by atoms with Gasteiger partial charge in [0.1, 0.15) is 0 Å². The highest BCUT2D eigenvalue weighted by atomic mass is 35.5. The van der Waals surface area contributed by atoms with E-state index >= 15 is 0 Å². The summed E-state index contributed by atoms with van der Waals surface area (Å²) in [4.78, 5) is 15.6. The van der Waals surface area contributed by atoms with Gasteiger partial charge in [0.25, 0.3) is 5.69 Å². The van der Waals surface area contributed by atoms with Gasteiger partial charge in [0.2, 0.25) is 0 Å². The van der Waals surface area contributed by atoms with Crippen LogP contribution in [0, 0.1) is 10.1 Å². The quantitative estimate of drug-likeness (QED) is 0.599. The van der Waals surface area contributed by atoms with Gasteiger partial charge in [0, 0.05) is 42.8 Å². The number of rotatable bonds is 5. The van der Waals surface area contributed by atoms with E-state index in [1.165, 1.54) is 5.56 Å². The third kappa shape index (κ3) is 5.01. The number of nitrogens with zero attached hydrogens (tertiary/aromatic N) is 3. The Morgan fingerprint density at radius 2 is 1.56 bits per heavy atom. The van der Waals surface area contributed by atoms with Crippen LogP contribution < -0.4 is 0 Å². The van der Waals surface area contributed by atoms with E-state index in [1.54, 1.807) is 12.1 Å². The maximum Gasteiger partial charge on any atom is 0.273 e. The van der Waals surface area contributed by atoms with Gasteiger partial charge in [-0.1, -0.05) is 41.9 Å². The molecule has 0 radical (unpaired) electrons. The Hall–Kier alpha value is -1.95. The highest BCUT2D eigenvalue weighted by Gasteiger charge is 2.19. The predicted octanol–water partition coefficient (Wildman–Crippen LogP) is 3.96. The summed E-state index contributed by atoms with van der Waals surface area (Å²) in [6.07, 6.45) is 1.06. The summed E-state index contributed by atoms with van der Waals surface area (Å²) < 4.78 is 0. The molecule has 6 heteroatoms. The van der Waals surface area contributed by atoms with Crippen LogP contribution in [0.25, 0.3) is 0 Å². The number of benzene rings is 2. The molecular weight excluding hydrogens is 338 g/mol. The summed E-state index contributed by atoms with van der Waals surface area (Å²) in [6, 6.07) is 15.0. The topological polar surface area (TPSA) is 49.6 Å². The fourth-order valence-electron chi connectivity index (χ4n) is 3.25. The van der Waals surface area contributed by atoms with Crippen molar-refractivity contribution in [1.82, 2.24) is 9.80 Å². The molecule has 0 aliphatic carbocycles. The van der Waals surface area contributed by atoms with E-state index in [0.29, 0.717) is 6.54 Å². The normalized spacial score (nSPS) is 16.5. The van der Waals surface area contributed by atoms with Crippen LogP contribution in [-0.2, 0) is 13.1 Å². The van der Waals surface area contributed by atoms with Crippen LogP contribution >= 0.6 is 11.6 Å². The minimum absolute atomic E-state index is 0.213. The van der Waals surface area contributed by atoms with E-state index in [-0.39, 0.29) is 10.6 Å². The van der Waals surface area contributed by atoms with Crippen molar-refractivity contribution in [2.75, 3.05) is 26.2 Å². The van der Waals surface area contributed by atoms with Crippen LogP contribution in [0.1, 0.15) is 17.5 Å². The van der Waals surface area contributed by atoms with Crippen LogP contribution in [0.5, 0.6) is 0 Å². The molecule has 0 saturated carbocycles. The van der Waals surface area contributed by atoms with Crippen molar-refractivity contribution in [3.8, 4) is 0 Å². The van der Waals surface area contributed by atoms with Crippen molar-refractivity contribution >= 4 is 17.3 Å². The third-order valence-corrected chi connectivity index (χ3v) is 4.83. The Morgan fingerprint density at radius 1 is 0.920 bits per heavy atom. The minimum atomic E-state index is -0.292. The van der Waals surface area contributed by atoms with E-state index in [0.717, 1.165) is 49.7 Å². The summed E-state index contributed by atoms with van der Waals surface area (Å²) >= 11 is 5.94. The SMILES string of the molecule is O=[N+]([O-])c1ccccc1CN1CCCN(Cc2ccc(Cl)cc2)CC1. The van der Waals surface area contributed by atoms with Crippen LogP contribution in [0.4, 0.5) is 5.69 Å². The average molecular weight is 360 g/mol. The van der Waals surface area contributed by atoms with Gasteiger partial charge in [-0.05, 0) is 37.2 Å². The predicted molar refractivity (Wildman–Crippen MR) is 99.7 cm³/mol. The van der Waals surface area contributed by atoms with E-state index in [1.807, 2.05) is 24.3 Å². The van der Waals surface area contributed by atoms with Crippen LogP contribution in [0.15, 0.2) is 48.5 Å². The Kier molecular flexibility index (Phi) is 6.02. The number of para-hydroxylation sites is 1. The lowest BCUT2D eigenvalue weighted by Crippen LogP contribution is -2.30. The average Bonchev–Trinajstić information content (AvgIpc) is 2.82. The minimum Gasteiger partial charge on any atom is -0.298 e. The van der Waals surface area contributed by atoms with Crippen molar-refractivity contribution in [3.63, 3.8) is 0 Å². The third-order valence-electron chi connectivity index (χ3n) is 4.58. The van der Waals surface area contributed by atoms with Gasteiger partial charge in [0.05, 0.1) is 4.92 Å². The van der Waals surface area contributed by atoms with Crippen molar-refractivity contribution < 1.29 is 4.92 Å². The molecule has 0 spiro atoms. The molecule has 1 fully saturated rings. The molecule has 5 nitrogen and oxygen atoms in total. The molecule has 0 N–H and O–H groups in total. The first-order valence-corrected chi connectivity index (χ1v) is 8.91. The first-order valence-electron chi connectivity index (χ1n) is 8.53. The molecule has 25 heavy (non-hydrogen) atoms. The molecule has 132 valence electrons. The molecular formula is C19H22ClN3O2. The van der Waals surface area contributed by atoms with Gasteiger partial charge in [0.15, 0.2) is 0 Å². The summed E-state index contributed by atoms with van der Waals surface area (Å²) in [5.41, 5.74) is 2.26. The van der Waals surface area contributed by atoms with E-state index in [2.05, 4.69) is 21.9 Å². The van der Waals surface area contributed by atoms with Crippen molar-refractivity contribution in [1.29, 1.82) is 0 Å². The maximum atomic E-state index is 11.2. The molecule has 0 unspecified atom stereocenters. The summed E-state index contributed by atoms with van der Waals surface area (Å²) in [5.74, 6) is 0. The van der Waals surface area contributed by atoms with E-state index in [9.17, 15) is 10.1 Å². The Labute approximate surface area is 153 Å².